The van der Waals surface area contributed by atoms with Crippen LogP contribution in [-0.2, 0) is 0 Å². The molecule has 0 aliphatic heterocycles. The lowest BCUT2D eigenvalue weighted by molar-refractivity contribution is 0.619. The first kappa shape index (κ1) is 12.9. The largest absolute Gasteiger partial charge is 0.354 e. The zero-order chi connectivity index (χ0) is 14.3. The molecule has 0 aliphatic rings. The van der Waals surface area contributed by atoms with Crippen LogP contribution in [0.4, 0.5) is 4.39 Å². The predicted molar refractivity (Wildman–Crippen MR) is 79.7 cm³/mol. The summed E-state index contributed by atoms with van der Waals surface area (Å²) in [7, 11) is 0. The van der Waals surface area contributed by atoms with Crippen molar-refractivity contribution in [3.05, 3.63) is 69.1 Å². The molecule has 100 valence electrons. The van der Waals surface area contributed by atoms with E-state index in [4.69, 9.17) is 11.6 Å². The Labute approximate surface area is 119 Å². The second-order valence-corrected chi connectivity index (χ2v) is 5.08. The molecule has 0 saturated heterocycles. The van der Waals surface area contributed by atoms with Crippen molar-refractivity contribution in [3.8, 4) is 11.3 Å². The molecule has 0 aliphatic carbocycles. The van der Waals surface area contributed by atoms with E-state index in [2.05, 4.69) is 4.98 Å². The number of H-pyrrole nitrogens is 1. The lowest BCUT2D eigenvalue weighted by Gasteiger charge is -2.08. The Bertz CT molecular complexity index is 870. The van der Waals surface area contributed by atoms with Crippen LogP contribution in [0.3, 0.4) is 0 Å². The van der Waals surface area contributed by atoms with Gasteiger partial charge in [0.15, 0.2) is 5.43 Å². The molecular formula is C16H11ClFNO. The summed E-state index contributed by atoms with van der Waals surface area (Å²) in [5, 5.41) is 1.01. The van der Waals surface area contributed by atoms with E-state index in [9.17, 15) is 9.18 Å². The topological polar surface area (TPSA) is 32.9 Å². The van der Waals surface area contributed by atoms with Crippen LogP contribution < -0.4 is 5.43 Å². The third-order valence-corrected chi connectivity index (χ3v) is 3.59. The number of halogens is 2. The van der Waals surface area contributed by atoms with Crippen LogP contribution in [0.2, 0.25) is 5.02 Å². The molecule has 1 aromatic heterocycles. The number of nitrogens with one attached hydrogen (secondary N) is 1. The van der Waals surface area contributed by atoms with Gasteiger partial charge in [-0.2, -0.15) is 0 Å². The first-order chi connectivity index (χ1) is 9.56. The lowest BCUT2D eigenvalue weighted by atomic mass is 10.1. The Balaban J connectivity index is 2.30. The van der Waals surface area contributed by atoms with Gasteiger partial charge in [0.25, 0.3) is 0 Å². The van der Waals surface area contributed by atoms with Crippen molar-refractivity contribution >= 4 is 22.5 Å². The number of rotatable bonds is 1. The second kappa shape index (κ2) is 4.76. The first-order valence-electron chi connectivity index (χ1n) is 6.14. The van der Waals surface area contributed by atoms with E-state index in [1.165, 1.54) is 12.1 Å². The molecular weight excluding hydrogens is 277 g/mol. The first-order valence-corrected chi connectivity index (χ1v) is 6.52. The fourth-order valence-corrected chi connectivity index (χ4v) is 2.51. The minimum Gasteiger partial charge on any atom is -0.354 e. The van der Waals surface area contributed by atoms with Crippen molar-refractivity contribution in [1.29, 1.82) is 0 Å². The van der Waals surface area contributed by atoms with E-state index in [-0.39, 0.29) is 11.2 Å². The number of fused-ring (bicyclic) bond motifs is 1. The summed E-state index contributed by atoms with van der Waals surface area (Å²) in [5.41, 5.74) is 2.05. The number of hydrogen-bond acceptors (Lipinski definition) is 1. The average Bonchev–Trinajstić information content (AvgIpc) is 2.43. The number of para-hydroxylation sites is 1. The van der Waals surface area contributed by atoms with Crippen LogP contribution in [-0.4, -0.2) is 4.98 Å². The summed E-state index contributed by atoms with van der Waals surface area (Å²) < 4.78 is 13.7. The molecule has 3 aromatic rings. The standard InChI is InChI=1S/C16H11ClFNO/c1-9-6-12(17)11(7-13(9)18)15-8-16(20)10-4-2-3-5-14(10)19-15/h2-8H,1H3,(H,19,20). The Hall–Kier alpha value is -2.13. The quantitative estimate of drug-likeness (QED) is 0.711. The van der Waals surface area contributed by atoms with E-state index in [1.54, 1.807) is 31.2 Å². The molecule has 0 amide bonds. The highest BCUT2D eigenvalue weighted by atomic mass is 35.5. The van der Waals surface area contributed by atoms with Gasteiger partial charge in [-0.05, 0) is 36.8 Å². The van der Waals surface area contributed by atoms with Crippen LogP contribution >= 0.6 is 11.6 Å². The maximum absolute atomic E-state index is 13.7. The lowest BCUT2D eigenvalue weighted by Crippen LogP contribution is -2.03. The van der Waals surface area contributed by atoms with E-state index in [1.807, 2.05) is 6.07 Å². The van der Waals surface area contributed by atoms with E-state index < -0.39 is 0 Å². The molecule has 1 N–H and O–H groups in total. The third-order valence-electron chi connectivity index (χ3n) is 3.28. The van der Waals surface area contributed by atoms with Crippen LogP contribution in [0.15, 0.2) is 47.3 Å². The maximum Gasteiger partial charge on any atom is 0.190 e. The Kier molecular flexibility index (Phi) is 3.07. The maximum atomic E-state index is 13.7. The fourth-order valence-electron chi connectivity index (χ4n) is 2.19. The Morgan fingerprint density at radius 1 is 1.15 bits per heavy atom. The van der Waals surface area contributed by atoms with E-state index in [0.29, 0.717) is 32.7 Å². The van der Waals surface area contributed by atoms with Crippen LogP contribution in [0.25, 0.3) is 22.2 Å². The van der Waals surface area contributed by atoms with Gasteiger partial charge in [-0.1, -0.05) is 23.7 Å². The zero-order valence-corrected chi connectivity index (χ0v) is 11.5. The van der Waals surface area contributed by atoms with Crippen LogP contribution in [0, 0.1) is 12.7 Å². The minimum absolute atomic E-state index is 0.119. The van der Waals surface area contributed by atoms with Crippen LogP contribution in [0.5, 0.6) is 0 Å². The van der Waals surface area contributed by atoms with Crippen molar-refractivity contribution in [3.63, 3.8) is 0 Å². The molecule has 0 spiro atoms. The van der Waals surface area contributed by atoms with Gasteiger partial charge < -0.3 is 4.98 Å². The van der Waals surface area contributed by atoms with Gasteiger partial charge in [0.05, 0.1) is 10.7 Å². The highest BCUT2D eigenvalue weighted by Gasteiger charge is 2.10. The molecule has 1 heterocycles. The van der Waals surface area contributed by atoms with Gasteiger partial charge in [-0.3, -0.25) is 4.79 Å². The molecule has 4 heteroatoms. The monoisotopic (exact) mass is 287 g/mol. The molecule has 3 rings (SSSR count). The molecule has 0 atom stereocenters. The smallest absolute Gasteiger partial charge is 0.190 e. The molecule has 0 saturated carbocycles. The molecule has 0 radical (unpaired) electrons. The summed E-state index contributed by atoms with van der Waals surface area (Å²) in [5.74, 6) is -0.349. The Morgan fingerprint density at radius 3 is 2.70 bits per heavy atom. The minimum atomic E-state index is -0.349. The number of benzene rings is 2. The molecule has 20 heavy (non-hydrogen) atoms. The predicted octanol–water partition coefficient (Wildman–Crippen LogP) is 4.30. The summed E-state index contributed by atoms with van der Waals surface area (Å²) in [6.07, 6.45) is 0. The van der Waals surface area contributed by atoms with E-state index >= 15 is 0 Å². The zero-order valence-electron chi connectivity index (χ0n) is 10.7. The SMILES string of the molecule is Cc1cc(Cl)c(-c2cc(=O)c3ccccc3[nH]2)cc1F. The van der Waals surface area contributed by atoms with Gasteiger partial charge in [0.2, 0.25) is 0 Å². The molecule has 0 unspecified atom stereocenters. The summed E-state index contributed by atoms with van der Waals surface area (Å²) in [6, 6.07) is 11.5. The van der Waals surface area contributed by atoms with Gasteiger partial charge in [-0.25, -0.2) is 4.39 Å². The van der Waals surface area contributed by atoms with Gasteiger partial charge in [0.1, 0.15) is 5.82 Å². The number of hydrogen-bond donors (Lipinski definition) is 1. The molecule has 2 aromatic carbocycles. The summed E-state index contributed by atoms with van der Waals surface area (Å²) in [4.78, 5) is 15.2. The number of aromatic amines is 1. The molecule has 0 fully saturated rings. The highest BCUT2D eigenvalue weighted by Crippen LogP contribution is 2.29. The van der Waals surface area contributed by atoms with Crippen molar-refractivity contribution in [2.24, 2.45) is 0 Å². The van der Waals surface area contributed by atoms with Gasteiger partial charge >= 0.3 is 0 Å². The van der Waals surface area contributed by atoms with E-state index in [0.717, 1.165) is 0 Å². The normalized spacial score (nSPS) is 10.9. The van der Waals surface area contributed by atoms with Crippen molar-refractivity contribution in [2.75, 3.05) is 0 Å². The van der Waals surface area contributed by atoms with Crippen molar-refractivity contribution < 1.29 is 4.39 Å². The number of aryl methyl sites for hydroxylation is 1. The van der Waals surface area contributed by atoms with Crippen LogP contribution in [0.1, 0.15) is 5.56 Å². The summed E-state index contributed by atoms with van der Waals surface area (Å²) >= 11 is 6.15. The van der Waals surface area contributed by atoms with Gasteiger partial charge in [-0.15, -0.1) is 0 Å². The highest BCUT2D eigenvalue weighted by molar-refractivity contribution is 6.33. The third kappa shape index (κ3) is 2.10. The molecule has 0 bridgehead atoms. The second-order valence-electron chi connectivity index (χ2n) is 4.67. The average molecular weight is 288 g/mol. The summed E-state index contributed by atoms with van der Waals surface area (Å²) in [6.45, 7) is 1.65. The van der Waals surface area contributed by atoms with Crippen molar-refractivity contribution in [1.82, 2.24) is 4.98 Å². The number of aromatic nitrogens is 1. The van der Waals surface area contributed by atoms with Crippen molar-refractivity contribution in [2.45, 2.75) is 6.92 Å². The molecule has 2 nitrogen and oxygen atoms in total. The van der Waals surface area contributed by atoms with Gasteiger partial charge in [0, 0.05) is 22.5 Å². The number of pyridine rings is 1. The Morgan fingerprint density at radius 2 is 1.90 bits per heavy atom. The fraction of sp³-hybridized carbons (Fsp3) is 0.0625.